The highest BCUT2D eigenvalue weighted by molar-refractivity contribution is 5.97. The minimum absolute atomic E-state index is 0.0569. The van der Waals surface area contributed by atoms with Gasteiger partial charge in [0.1, 0.15) is 11.6 Å². The van der Waals surface area contributed by atoms with Crippen LogP contribution in [0.3, 0.4) is 0 Å². The lowest BCUT2D eigenvalue weighted by Gasteiger charge is -2.16. The maximum absolute atomic E-state index is 12.5. The minimum Gasteiger partial charge on any atom is -0.493 e. The first-order valence-corrected chi connectivity index (χ1v) is 9.47. The molecule has 2 aromatic carbocycles. The smallest absolute Gasteiger partial charge is 0.337 e. The lowest BCUT2D eigenvalue weighted by atomic mass is 10.1. The Bertz CT molecular complexity index is 993. The highest BCUT2D eigenvalue weighted by Gasteiger charge is 2.15. The highest BCUT2D eigenvalue weighted by Crippen LogP contribution is 2.29. The average molecular weight is 423 g/mol. The predicted octanol–water partition coefficient (Wildman–Crippen LogP) is 2.86. The molecule has 8 nitrogen and oxygen atoms in total. The first-order valence-electron chi connectivity index (χ1n) is 9.47. The number of benzene rings is 2. The normalized spacial score (nSPS) is 11.6. The zero-order valence-electron chi connectivity index (χ0n) is 17.9. The molecule has 8 heteroatoms. The fourth-order valence-electron chi connectivity index (χ4n) is 2.78. The lowest BCUT2D eigenvalue weighted by molar-refractivity contribution is -0.117. The maximum Gasteiger partial charge on any atom is 0.337 e. The quantitative estimate of drug-likeness (QED) is 0.363. The summed E-state index contributed by atoms with van der Waals surface area (Å²) in [7, 11) is 4.41. The molecule has 2 rings (SSSR count). The number of ether oxygens (including phenoxy) is 3. The number of nitriles is 1. The van der Waals surface area contributed by atoms with Crippen molar-refractivity contribution in [2.45, 2.75) is 19.5 Å². The van der Waals surface area contributed by atoms with Gasteiger partial charge >= 0.3 is 5.97 Å². The van der Waals surface area contributed by atoms with Crippen LogP contribution in [0, 0.1) is 11.3 Å². The second-order valence-corrected chi connectivity index (χ2v) is 6.55. The number of amides is 1. The predicted molar refractivity (Wildman–Crippen MR) is 114 cm³/mol. The van der Waals surface area contributed by atoms with Crippen LogP contribution < -0.4 is 20.1 Å². The summed E-state index contributed by atoms with van der Waals surface area (Å²) in [4.78, 5) is 23.9. The van der Waals surface area contributed by atoms with Gasteiger partial charge < -0.3 is 24.8 Å². The van der Waals surface area contributed by atoms with E-state index >= 15 is 0 Å². The molecular weight excluding hydrogens is 398 g/mol. The van der Waals surface area contributed by atoms with Crippen molar-refractivity contribution in [3.63, 3.8) is 0 Å². The highest BCUT2D eigenvalue weighted by atomic mass is 16.5. The van der Waals surface area contributed by atoms with E-state index in [4.69, 9.17) is 9.47 Å². The van der Waals surface area contributed by atoms with Crippen molar-refractivity contribution >= 4 is 11.9 Å². The molecule has 2 N–H and O–H groups in total. The van der Waals surface area contributed by atoms with Crippen molar-refractivity contribution in [2.75, 3.05) is 21.3 Å². The van der Waals surface area contributed by atoms with E-state index in [0.717, 1.165) is 11.1 Å². The summed E-state index contributed by atoms with van der Waals surface area (Å²) < 4.78 is 15.2. The van der Waals surface area contributed by atoms with Gasteiger partial charge in [-0.05, 0) is 42.3 Å². The van der Waals surface area contributed by atoms with Gasteiger partial charge in [-0.2, -0.15) is 5.26 Å². The molecule has 0 aromatic heterocycles. The van der Waals surface area contributed by atoms with Crippen molar-refractivity contribution in [1.29, 1.82) is 5.26 Å². The summed E-state index contributed by atoms with van der Waals surface area (Å²) in [6.45, 7) is 2.19. The third-order valence-corrected chi connectivity index (χ3v) is 4.55. The average Bonchev–Trinajstić information content (AvgIpc) is 2.80. The van der Waals surface area contributed by atoms with Gasteiger partial charge in [-0.15, -0.1) is 0 Å². The van der Waals surface area contributed by atoms with Gasteiger partial charge in [0.25, 0.3) is 5.91 Å². The second-order valence-electron chi connectivity index (χ2n) is 6.55. The van der Waals surface area contributed by atoms with Crippen LogP contribution in [-0.2, 0) is 16.1 Å². The van der Waals surface area contributed by atoms with Gasteiger partial charge in [-0.1, -0.05) is 18.2 Å². The summed E-state index contributed by atoms with van der Waals surface area (Å²) in [6.07, 6.45) is 1.37. The SMILES string of the molecule is COC(=O)c1ccc(CN/C=C(/C#N)C(=O)NC(C)c2ccc(OC)c(OC)c2)cc1. The van der Waals surface area contributed by atoms with Crippen LogP contribution in [-0.4, -0.2) is 33.2 Å². The molecule has 0 fully saturated rings. The number of nitrogens with zero attached hydrogens (tertiary/aromatic N) is 1. The molecule has 0 saturated carbocycles. The Morgan fingerprint density at radius 2 is 1.74 bits per heavy atom. The van der Waals surface area contributed by atoms with Crippen molar-refractivity contribution in [3.8, 4) is 17.6 Å². The Morgan fingerprint density at radius 1 is 1.06 bits per heavy atom. The fraction of sp³-hybridized carbons (Fsp3) is 0.261. The second kappa shape index (κ2) is 11.3. The van der Waals surface area contributed by atoms with Crippen molar-refractivity contribution in [1.82, 2.24) is 10.6 Å². The van der Waals surface area contributed by atoms with Crippen LogP contribution in [0.4, 0.5) is 0 Å². The Hall–Kier alpha value is -3.99. The van der Waals surface area contributed by atoms with Crippen LogP contribution in [0.1, 0.15) is 34.5 Å². The number of carbonyl (C=O) groups is 2. The molecule has 1 atom stereocenters. The molecule has 31 heavy (non-hydrogen) atoms. The summed E-state index contributed by atoms with van der Waals surface area (Å²) >= 11 is 0. The molecule has 2 aromatic rings. The van der Waals surface area contributed by atoms with Crippen LogP contribution in [0.15, 0.2) is 54.2 Å². The van der Waals surface area contributed by atoms with E-state index < -0.39 is 11.9 Å². The van der Waals surface area contributed by atoms with E-state index in [9.17, 15) is 14.9 Å². The van der Waals surface area contributed by atoms with Gasteiger partial charge in [0.2, 0.25) is 0 Å². The Morgan fingerprint density at radius 3 is 2.32 bits per heavy atom. The summed E-state index contributed by atoms with van der Waals surface area (Å²) in [5.74, 6) is 0.230. The minimum atomic E-state index is -0.502. The summed E-state index contributed by atoms with van der Waals surface area (Å²) in [5, 5.41) is 15.1. The van der Waals surface area contributed by atoms with Crippen molar-refractivity contribution in [3.05, 3.63) is 70.9 Å². The first kappa shape index (κ1) is 23.3. The third kappa shape index (κ3) is 6.24. The number of rotatable bonds is 9. The largest absolute Gasteiger partial charge is 0.493 e. The molecule has 0 aliphatic heterocycles. The molecule has 0 spiro atoms. The van der Waals surface area contributed by atoms with Gasteiger partial charge in [0.05, 0.1) is 32.9 Å². The van der Waals surface area contributed by atoms with Crippen molar-refractivity contribution < 1.29 is 23.8 Å². The Kier molecular flexibility index (Phi) is 8.46. The molecule has 0 heterocycles. The van der Waals surface area contributed by atoms with E-state index in [2.05, 4.69) is 15.4 Å². The topological polar surface area (TPSA) is 110 Å². The van der Waals surface area contributed by atoms with E-state index in [0.29, 0.717) is 23.6 Å². The molecule has 1 amide bonds. The first-order chi connectivity index (χ1) is 14.9. The molecule has 0 aliphatic carbocycles. The number of hydrogen-bond acceptors (Lipinski definition) is 7. The molecule has 162 valence electrons. The van der Waals surface area contributed by atoms with Gasteiger partial charge in [0, 0.05) is 12.7 Å². The number of esters is 1. The standard InChI is InChI=1S/C23H25N3O5/c1-15(18-9-10-20(29-2)21(11-18)30-3)26-22(27)19(12-24)14-25-13-16-5-7-17(8-6-16)23(28)31-4/h5-11,14-15,25H,13H2,1-4H3,(H,26,27)/b19-14-. The van der Waals surface area contributed by atoms with Crippen molar-refractivity contribution in [2.24, 2.45) is 0 Å². The number of carbonyl (C=O) groups excluding carboxylic acids is 2. The summed E-state index contributed by atoms with van der Waals surface area (Å²) in [5.41, 5.74) is 2.07. The van der Waals surface area contributed by atoms with Gasteiger partial charge in [-0.25, -0.2) is 4.79 Å². The number of methoxy groups -OCH3 is 3. The fourth-order valence-corrected chi connectivity index (χ4v) is 2.78. The maximum atomic E-state index is 12.5. The molecule has 0 bridgehead atoms. The van der Waals surface area contributed by atoms with Gasteiger partial charge in [0.15, 0.2) is 11.5 Å². The van der Waals surface area contributed by atoms with E-state index in [1.807, 2.05) is 19.1 Å². The van der Waals surface area contributed by atoms with Crippen LogP contribution in [0.25, 0.3) is 0 Å². The van der Waals surface area contributed by atoms with Crippen LogP contribution in [0.2, 0.25) is 0 Å². The van der Waals surface area contributed by atoms with Gasteiger partial charge in [-0.3, -0.25) is 4.79 Å². The van der Waals surface area contributed by atoms with Crippen LogP contribution >= 0.6 is 0 Å². The monoisotopic (exact) mass is 423 g/mol. The third-order valence-electron chi connectivity index (χ3n) is 4.55. The lowest BCUT2D eigenvalue weighted by Crippen LogP contribution is -2.28. The number of hydrogen-bond donors (Lipinski definition) is 2. The molecule has 0 saturated heterocycles. The molecular formula is C23H25N3O5. The Balaban J connectivity index is 1.98. The zero-order chi connectivity index (χ0) is 22.8. The van der Waals surface area contributed by atoms with E-state index in [1.54, 1.807) is 43.5 Å². The van der Waals surface area contributed by atoms with E-state index in [1.165, 1.54) is 20.4 Å². The Labute approximate surface area is 181 Å². The van der Waals surface area contributed by atoms with E-state index in [-0.39, 0.29) is 11.6 Å². The zero-order valence-corrected chi connectivity index (χ0v) is 17.9. The molecule has 0 aliphatic rings. The van der Waals surface area contributed by atoms with Crippen LogP contribution in [0.5, 0.6) is 11.5 Å². The summed E-state index contributed by atoms with van der Waals surface area (Å²) in [6, 6.07) is 13.7. The molecule has 0 radical (unpaired) electrons. The number of nitrogens with one attached hydrogen (secondary N) is 2. The molecule has 1 unspecified atom stereocenters.